The lowest BCUT2D eigenvalue weighted by Crippen LogP contribution is -2.52. The van der Waals surface area contributed by atoms with Crippen LogP contribution in [0, 0.1) is 11.8 Å². The summed E-state index contributed by atoms with van der Waals surface area (Å²) in [5, 5.41) is 8.33. The van der Waals surface area contributed by atoms with Crippen molar-refractivity contribution in [1.82, 2.24) is 16.0 Å². The monoisotopic (exact) mass is 281 g/mol. The Morgan fingerprint density at radius 2 is 2.20 bits per heavy atom. The number of hydrogen-bond acceptors (Lipinski definition) is 4. The fraction of sp³-hybridized carbons (Fsp3) is 0.786. The third kappa shape index (κ3) is 4.03. The summed E-state index contributed by atoms with van der Waals surface area (Å²) in [7, 11) is 0. The summed E-state index contributed by atoms with van der Waals surface area (Å²) in [5.41, 5.74) is 0. The second-order valence-electron chi connectivity index (χ2n) is 5.86. The van der Waals surface area contributed by atoms with Gasteiger partial charge in [-0.15, -0.1) is 0 Å². The van der Waals surface area contributed by atoms with E-state index in [1.165, 1.54) is 0 Å². The van der Waals surface area contributed by atoms with E-state index in [9.17, 15) is 14.4 Å². The van der Waals surface area contributed by atoms with Crippen molar-refractivity contribution in [3.8, 4) is 0 Å². The Morgan fingerprint density at radius 1 is 1.40 bits per heavy atom. The van der Waals surface area contributed by atoms with Gasteiger partial charge in [0.05, 0.1) is 0 Å². The van der Waals surface area contributed by atoms with Gasteiger partial charge < -0.3 is 10.6 Å². The molecule has 3 atom stereocenters. The van der Waals surface area contributed by atoms with Crippen molar-refractivity contribution < 1.29 is 14.4 Å². The molecular formula is C14H23N3O3. The Balaban J connectivity index is 1.77. The Bertz CT molecular complexity index is 391. The van der Waals surface area contributed by atoms with Crippen molar-refractivity contribution in [2.24, 2.45) is 11.8 Å². The highest BCUT2D eigenvalue weighted by Crippen LogP contribution is 2.22. The van der Waals surface area contributed by atoms with Crippen LogP contribution in [0.1, 0.15) is 39.0 Å². The van der Waals surface area contributed by atoms with Crippen LogP contribution in [0.3, 0.4) is 0 Å². The van der Waals surface area contributed by atoms with Crippen molar-refractivity contribution in [3.63, 3.8) is 0 Å². The SMILES string of the molecule is CC(CC(=O)NC1CCC(=O)NC1=O)C1CCCNC1. The average molecular weight is 281 g/mol. The molecule has 0 bridgehead atoms. The molecule has 0 radical (unpaired) electrons. The number of carbonyl (C=O) groups is 3. The van der Waals surface area contributed by atoms with E-state index in [1.54, 1.807) is 0 Å². The maximum Gasteiger partial charge on any atom is 0.249 e. The molecule has 2 rings (SSSR count). The lowest BCUT2D eigenvalue weighted by molar-refractivity contribution is -0.137. The summed E-state index contributed by atoms with van der Waals surface area (Å²) < 4.78 is 0. The Morgan fingerprint density at radius 3 is 2.85 bits per heavy atom. The molecule has 2 heterocycles. The number of nitrogens with one attached hydrogen (secondary N) is 3. The second-order valence-corrected chi connectivity index (χ2v) is 5.86. The first-order valence-corrected chi connectivity index (χ1v) is 7.40. The van der Waals surface area contributed by atoms with Crippen LogP contribution < -0.4 is 16.0 Å². The van der Waals surface area contributed by atoms with Gasteiger partial charge in [-0.3, -0.25) is 19.7 Å². The quantitative estimate of drug-likeness (QED) is 0.630. The van der Waals surface area contributed by atoms with Crippen molar-refractivity contribution in [2.75, 3.05) is 13.1 Å². The van der Waals surface area contributed by atoms with Crippen molar-refractivity contribution >= 4 is 17.7 Å². The molecule has 3 N–H and O–H groups in total. The summed E-state index contributed by atoms with van der Waals surface area (Å²) in [4.78, 5) is 34.6. The van der Waals surface area contributed by atoms with E-state index < -0.39 is 6.04 Å². The van der Waals surface area contributed by atoms with Gasteiger partial charge >= 0.3 is 0 Å². The first-order chi connectivity index (χ1) is 9.56. The minimum absolute atomic E-state index is 0.0995. The van der Waals surface area contributed by atoms with Gasteiger partial charge in [0.2, 0.25) is 17.7 Å². The molecule has 0 spiro atoms. The van der Waals surface area contributed by atoms with Crippen LogP contribution in [-0.2, 0) is 14.4 Å². The average Bonchev–Trinajstić information content (AvgIpc) is 2.43. The van der Waals surface area contributed by atoms with Crippen molar-refractivity contribution in [2.45, 2.75) is 45.1 Å². The van der Waals surface area contributed by atoms with Crippen LogP contribution in [-0.4, -0.2) is 36.9 Å². The predicted octanol–water partition coefficient (Wildman–Crippen LogP) is -0.0664. The summed E-state index contributed by atoms with van der Waals surface area (Å²) in [5.74, 6) is 0.0775. The molecule has 20 heavy (non-hydrogen) atoms. The van der Waals surface area contributed by atoms with Gasteiger partial charge in [0.15, 0.2) is 0 Å². The van der Waals surface area contributed by atoms with E-state index in [0.29, 0.717) is 31.1 Å². The van der Waals surface area contributed by atoms with Gasteiger partial charge in [0, 0.05) is 12.8 Å². The van der Waals surface area contributed by atoms with E-state index in [4.69, 9.17) is 0 Å². The lowest BCUT2D eigenvalue weighted by Gasteiger charge is -2.29. The number of imide groups is 1. The number of carbonyl (C=O) groups excluding carboxylic acids is 3. The fourth-order valence-corrected chi connectivity index (χ4v) is 2.91. The van der Waals surface area contributed by atoms with Gasteiger partial charge in [-0.2, -0.15) is 0 Å². The predicted molar refractivity (Wildman–Crippen MR) is 73.7 cm³/mol. The van der Waals surface area contributed by atoms with Crippen molar-refractivity contribution in [1.29, 1.82) is 0 Å². The number of amides is 3. The zero-order chi connectivity index (χ0) is 14.5. The molecule has 2 fully saturated rings. The largest absolute Gasteiger partial charge is 0.344 e. The molecule has 0 aromatic heterocycles. The molecule has 2 saturated heterocycles. The molecule has 3 amide bonds. The molecule has 0 saturated carbocycles. The highest BCUT2D eigenvalue weighted by molar-refractivity contribution is 6.01. The number of rotatable bonds is 4. The fourth-order valence-electron chi connectivity index (χ4n) is 2.91. The highest BCUT2D eigenvalue weighted by Gasteiger charge is 2.29. The maximum atomic E-state index is 12.0. The van der Waals surface area contributed by atoms with Crippen LogP contribution in [0.15, 0.2) is 0 Å². The topological polar surface area (TPSA) is 87.3 Å². The van der Waals surface area contributed by atoms with Crippen molar-refractivity contribution in [3.05, 3.63) is 0 Å². The highest BCUT2D eigenvalue weighted by atomic mass is 16.2. The summed E-state index contributed by atoms with van der Waals surface area (Å²) in [6.07, 6.45) is 3.43. The molecule has 0 aromatic carbocycles. The third-order valence-electron chi connectivity index (χ3n) is 4.22. The maximum absolute atomic E-state index is 12.0. The second kappa shape index (κ2) is 6.83. The normalized spacial score (nSPS) is 28.6. The standard InChI is InChI=1S/C14H23N3O3/c1-9(10-3-2-6-15-8-10)7-13(19)16-11-4-5-12(18)17-14(11)20/h9-11,15H,2-8H2,1H3,(H,16,19)(H,17,18,20). The van der Waals surface area contributed by atoms with Gasteiger partial charge in [-0.05, 0) is 44.2 Å². The molecule has 0 aromatic rings. The van der Waals surface area contributed by atoms with Crippen LogP contribution >= 0.6 is 0 Å². The summed E-state index contributed by atoms with van der Waals surface area (Å²) in [6, 6.07) is -0.558. The van der Waals surface area contributed by atoms with Gasteiger partial charge in [-0.25, -0.2) is 0 Å². The molecule has 6 nitrogen and oxygen atoms in total. The minimum atomic E-state index is -0.558. The van der Waals surface area contributed by atoms with E-state index in [0.717, 1.165) is 25.9 Å². The zero-order valence-electron chi connectivity index (χ0n) is 11.9. The smallest absolute Gasteiger partial charge is 0.249 e. The number of piperidine rings is 2. The van der Waals surface area contributed by atoms with Crippen LogP contribution in [0.2, 0.25) is 0 Å². The molecule has 0 aliphatic carbocycles. The Hall–Kier alpha value is -1.43. The van der Waals surface area contributed by atoms with Gasteiger partial charge in [-0.1, -0.05) is 6.92 Å². The Labute approximate surface area is 119 Å². The summed E-state index contributed by atoms with van der Waals surface area (Å²) >= 11 is 0. The zero-order valence-corrected chi connectivity index (χ0v) is 11.9. The molecule has 2 aliphatic rings. The first kappa shape index (κ1) is 15.0. The lowest BCUT2D eigenvalue weighted by atomic mass is 9.85. The molecule has 3 unspecified atom stereocenters. The number of hydrogen-bond donors (Lipinski definition) is 3. The van der Waals surface area contributed by atoms with E-state index in [-0.39, 0.29) is 17.7 Å². The van der Waals surface area contributed by atoms with Crippen LogP contribution in [0.25, 0.3) is 0 Å². The molecule has 6 heteroatoms. The summed E-state index contributed by atoms with van der Waals surface area (Å²) in [6.45, 7) is 4.11. The third-order valence-corrected chi connectivity index (χ3v) is 4.22. The van der Waals surface area contributed by atoms with Crippen LogP contribution in [0.4, 0.5) is 0 Å². The van der Waals surface area contributed by atoms with Gasteiger partial charge in [0.25, 0.3) is 0 Å². The van der Waals surface area contributed by atoms with E-state index in [1.807, 2.05) is 0 Å². The first-order valence-electron chi connectivity index (χ1n) is 7.40. The van der Waals surface area contributed by atoms with Crippen LogP contribution in [0.5, 0.6) is 0 Å². The molecule has 2 aliphatic heterocycles. The van der Waals surface area contributed by atoms with Gasteiger partial charge in [0.1, 0.15) is 6.04 Å². The minimum Gasteiger partial charge on any atom is -0.344 e. The molecular weight excluding hydrogens is 258 g/mol. The van der Waals surface area contributed by atoms with E-state index in [2.05, 4.69) is 22.9 Å². The van der Waals surface area contributed by atoms with E-state index >= 15 is 0 Å². The molecule has 112 valence electrons. The Kier molecular flexibility index (Phi) is 5.11.